The molecule has 7 heteroatoms. The lowest BCUT2D eigenvalue weighted by molar-refractivity contribution is -0.113. The van der Waals surface area contributed by atoms with E-state index < -0.39 is 0 Å². The number of thiazole rings is 1. The summed E-state index contributed by atoms with van der Waals surface area (Å²) in [5.74, 6) is 0.179. The second kappa shape index (κ2) is 6.64. The molecule has 22 heavy (non-hydrogen) atoms. The van der Waals surface area contributed by atoms with Crippen LogP contribution in [-0.4, -0.2) is 21.6 Å². The van der Waals surface area contributed by atoms with Crippen LogP contribution in [0.1, 0.15) is 5.56 Å². The third-order valence-corrected chi connectivity index (χ3v) is 5.43. The van der Waals surface area contributed by atoms with E-state index in [9.17, 15) is 4.79 Å². The first-order valence-electron chi connectivity index (χ1n) is 6.53. The van der Waals surface area contributed by atoms with E-state index in [2.05, 4.69) is 15.3 Å². The third kappa shape index (κ3) is 3.40. The monoisotopic (exact) mass is 349 g/mol. The van der Waals surface area contributed by atoms with Gasteiger partial charge in [0.05, 0.1) is 21.2 Å². The molecule has 2 aromatic heterocycles. The Hall–Kier alpha value is -1.63. The van der Waals surface area contributed by atoms with Crippen LogP contribution in [0.15, 0.2) is 40.9 Å². The summed E-state index contributed by atoms with van der Waals surface area (Å²) < 4.78 is 1.85. The largest absolute Gasteiger partial charge is 0.324 e. The summed E-state index contributed by atoms with van der Waals surface area (Å²) in [6.45, 7) is 1.91. The number of fused-ring (bicyclic) bond motifs is 1. The van der Waals surface area contributed by atoms with Crippen LogP contribution in [0.25, 0.3) is 10.3 Å². The molecule has 1 amide bonds. The quantitative estimate of drug-likeness (QED) is 0.710. The number of carbonyl (C=O) groups excluding carboxylic acids is 1. The molecule has 0 radical (unpaired) electrons. The molecular weight excluding hydrogens is 338 g/mol. The minimum atomic E-state index is -0.103. The first kappa shape index (κ1) is 15.3. The van der Waals surface area contributed by atoms with Gasteiger partial charge in [0.15, 0.2) is 9.99 Å². The maximum absolute atomic E-state index is 12.1. The number of carbonyl (C=O) groups is 1. The first-order chi connectivity index (χ1) is 10.6. The summed E-state index contributed by atoms with van der Waals surface area (Å²) in [6.07, 6.45) is 1.71. The predicted molar refractivity (Wildman–Crippen MR) is 93.0 cm³/mol. The summed E-state index contributed by atoms with van der Waals surface area (Å²) in [5, 5.41) is 3.40. The van der Waals surface area contributed by atoms with E-state index in [0.29, 0.717) is 10.7 Å². The predicted octanol–water partition coefficient (Wildman–Crippen LogP) is 4.38. The highest BCUT2D eigenvalue weighted by molar-refractivity contribution is 8.01. The van der Waals surface area contributed by atoms with Crippen LogP contribution in [-0.2, 0) is 4.79 Å². The van der Waals surface area contributed by atoms with Gasteiger partial charge in [-0.05, 0) is 30.7 Å². The second-order valence-electron chi connectivity index (χ2n) is 4.57. The number of nitrogens with zero attached hydrogens (tertiary/aromatic N) is 2. The van der Waals surface area contributed by atoms with Gasteiger partial charge in [-0.15, -0.1) is 11.3 Å². The molecule has 0 spiro atoms. The second-order valence-corrected chi connectivity index (χ2v) is 7.23. The molecule has 0 aliphatic heterocycles. The SMILES string of the molecule is Cc1cccc(Cl)c1NC(=O)CSc1nc2ncccc2s1. The van der Waals surface area contributed by atoms with Crippen molar-refractivity contribution < 1.29 is 4.79 Å². The van der Waals surface area contributed by atoms with Gasteiger partial charge in [0.1, 0.15) is 0 Å². The van der Waals surface area contributed by atoms with Crippen LogP contribution < -0.4 is 5.32 Å². The van der Waals surface area contributed by atoms with Crippen molar-refractivity contribution in [1.29, 1.82) is 0 Å². The van der Waals surface area contributed by atoms with Gasteiger partial charge in [0.25, 0.3) is 0 Å². The number of rotatable bonds is 4. The number of benzene rings is 1. The number of hydrogen-bond donors (Lipinski definition) is 1. The fourth-order valence-electron chi connectivity index (χ4n) is 1.90. The fourth-order valence-corrected chi connectivity index (χ4v) is 3.99. The average Bonchev–Trinajstić information content (AvgIpc) is 2.92. The number of nitrogens with one attached hydrogen (secondary N) is 1. The lowest BCUT2D eigenvalue weighted by atomic mass is 10.2. The van der Waals surface area contributed by atoms with Crippen LogP contribution in [0.3, 0.4) is 0 Å². The molecule has 1 aromatic carbocycles. The van der Waals surface area contributed by atoms with Crippen molar-refractivity contribution in [3.63, 3.8) is 0 Å². The minimum absolute atomic E-state index is 0.103. The Morgan fingerprint density at radius 3 is 3.00 bits per heavy atom. The number of aryl methyl sites for hydroxylation is 1. The number of hydrogen-bond acceptors (Lipinski definition) is 5. The molecule has 0 unspecified atom stereocenters. The summed E-state index contributed by atoms with van der Waals surface area (Å²) in [4.78, 5) is 20.7. The molecule has 2 heterocycles. The highest BCUT2D eigenvalue weighted by Gasteiger charge is 2.11. The number of amides is 1. The Kier molecular flexibility index (Phi) is 4.61. The Morgan fingerprint density at radius 2 is 2.23 bits per heavy atom. The minimum Gasteiger partial charge on any atom is -0.324 e. The van der Waals surface area contributed by atoms with Crippen molar-refractivity contribution in [2.75, 3.05) is 11.1 Å². The van der Waals surface area contributed by atoms with Crippen LogP contribution in [0, 0.1) is 6.92 Å². The van der Waals surface area contributed by atoms with Crippen molar-refractivity contribution in [2.24, 2.45) is 0 Å². The van der Waals surface area contributed by atoms with Crippen LogP contribution >= 0.6 is 34.7 Å². The molecule has 0 atom stereocenters. The van der Waals surface area contributed by atoms with Crippen molar-refractivity contribution >= 4 is 56.6 Å². The zero-order chi connectivity index (χ0) is 15.5. The van der Waals surface area contributed by atoms with Gasteiger partial charge in [0, 0.05) is 6.20 Å². The van der Waals surface area contributed by atoms with E-state index in [-0.39, 0.29) is 11.7 Å². The molecule has 0 saturated carbocycles. The van der Waals surface area contributed by atoms with Gasteiger partial charge in [-0.25, -0.2) is 9.97 Å². The van der Waals surface area contributed by atoms with Crippen LogP contribution in [0.2, 0.25) is 5.02 Å². The molecule has 0 bridgehead atoms. The average molecular weight is 350 g/mol. The number of halogens is 1. The third-order valence-electron chi connectivity index (χ3n) is 2.96. The van der Waals surface area contributed by atoms with E-state index in [1.807, 2.05) is 31.2 Å². The van der Waals surface area contributed by atoms with Gasteiger partial charge >= 0.3 is 0 Å². The zero-order valence-corrected chi connectivity index (χ0v) is 14.1. The Balaban J connectivity index is 1.65. The van der Waals surface area contributed by atoms with Gasteiger partial charge in [0.2, 0.25) is 5.91 Å². The molecule has 0 fully saturated rings. The topological polar surface area (TPSA) is 54.9 Å². The lowest BCUT2D eigenvalue weighted by Gasteiger charge is -2.09. The molecule has 4 nitrogen and oxygen atoms in total. The van der Waals surface area contributed by atoms with E-state index in [0.717, 1.165) is 20.3 Å². The molecule has 3 rings (SSSR count). The number of aromatic nitrogens is 2. The number of anilines is 1. The lowest BCUT2D eigenvalue weighted by Crippen LogP contribution is -2.15. The van der Waals surface area contributed by atoms with Gasteiger partial charge in [-0.3, -0.25) is 4.79 Å². The molecular formula is C15H12ClN3OS2. The molecule has 0 aliphatic carbocycles. The van der Waals surface area contributed by atoms with Crippen LogP contribution in [0.5, 0.6) is 0 Å². The number of thioether (sulfide) groups is 1. The zero-order valence-electron chi connectivity index (χ0n) is 11.7. The standard InChI is InChI=1S/C15H12ClN3OS2/c1-9-4-2-5-10(16)13(9)18-12(20)8-21-15-19-14-11(22-15)6-3-7-17-14/h2-7H,8H2,1H3,(H,18,20). The van der Waals surface area contributed by atoms with Crippen molar-refractivity contribution in [1.82, 2.24) is 9.97 Å². The smallest absolute Gasteiger partial charge is 0.234 e. The molecule has 0 saturated heterocycles. The van der Waals surface area contributed by atoms with Gasteiger partial charge < -0.3 is 5.32 Å². The maximum atomic E-state index is 12.1. The van der Waals surface area contributed by atoms with Crippen LogP contribution in [0.4, 0.5) is 5.69 Å². The van der Waals surface area contributed by atoms with E-state index in [1.165, 1.54) is 23.1 Å². The van der Waals surface area contributed by atoms with Gasteiger partial charge in [-0.1, -0.05) is 35.5 Å². The Morgan fingerprint density at radius 1 is 1.36 bits per heavy atom. The molecule has 112 valence electrons. The Labute approximate surface area is 140 Å². The normalized spacial score (nSPS) is 10.8. The van der Waals surface area contributed by atoms with Gasteiger partial charge in [-0.2, -0.15) is 0 Å². The highest BCUT2D eigenvalue weighted by Crippen LogP contribution is 2.29. The molecule has 1 N–H and O–H groups in total. The van der Waals surface area contributed by atoms with E-state index in [4.69, 9.17) is 11.6 Å². The van der Waals surface area contributed by atoms with Crippen molar-refractivity contribution in [3.05, 3.63) is 47.1 Å². The number of para-hydroxylation sites is 1. The summed E-state index contributed by atoms with van der Waals surface area (Å²) in [7, 11) is 0. The number of pyridine rings is 1. The maximum Gasteiger partial charge on any atom is 0.234 e. The first-order valence-corrected chi connectivity index (χ1v) is 8.71. The summed E-state index contributed by atoms with van der Waals surface area (Å²) in [6, 6.07) is 9.37. The van der Waals surface area contributed by atoms with E-state index >= 15 is 0 Å². The van der Waals surface area contributed by atoms with Crippen molar-refractivity contribution in [2.45, 2.75) is 11.3 Å². The molecule has 3 aromatic rings. The molecule has 0 aliphatic rings. The van der Waals surface area contributed by atoms with E-state index in [1.54, 1.807) is 12.3 Å². The van der Waals surface area contributed by atoms with Crippen molar-refractivity contribution in [3.8, 4) is 0 Å². The summed E-state index contributed by atoms with van der Waals surface area (Å²) >= 11 is 9.04. The summed E-state index contributed by atoms with van der Waals surface area (Å²) in [5.41, 5.74) is 2.33. The Bertz CT molecular complexity index is 781. The fraction of sp³-hybridized carbons (Fsp3) is 0.133. The highest BCUT2D eigenvalue weighted by atomic mass is 35.5.